The summed E-state index contributed by atoms with van der Waals surface area (Å²) < 4.78 is 10.1. The van der Waals surface area contributed by atoms with E-state index in [4.69, 9.17) is 4.74 Å². The Morgan fingerprint density at radius 3 is 2.63 bits per heavy atom. The number of fused-ring (bicyclic) bond motifs is 2. The number of hydrogen-bond acceptors (Lipinski definition) is 2. The maximum absolute atomic E-state index is 12.9. The van der Waals surface area contributed by atoms with Crippen LogP contribution in [0.25, 0.3) is 11.0 Å². The van der Waals surface area contributed by atoms with Crippen molar-refractivity contribution >= 4 is 16.8 Å². The Morgan fingerprint density at radius 2 is 1.80 bits per heavy atom. The Labute approximate surface area is 186 Å². The van der Waals surface area contributed by atoms with Crippen molar-refractivity contribution in [1.29, 1.82) is 0 Å². The minimum atomic E-state index is 0. The zero-order valence-electron chi connectivity index (χ0n) is 16.8. The van der Waals surface area contributed by atoms with Gasteiger partial charge >= 0.3 is 0 Å². The van der Waals surface area contributed by atoms with Crippen LogP contribution in [0.5, 0.6) is 5.75 Å². The van der Waals surface area contributed by atoms with Gasteiger partial charge in [0.05, 0.1) is 6.61 Å². The lowest BCUT2D eigenvalue weighted by atomic mass is 10.1. The number of rotatable bonds is 5. The molecule has 0 unspecified atom stereocenters. The Morgan fingerprint density at radius 1 is 1.03 bits per heavy atom. The number of para-hydroxylation sites is 2. The van der Waals surface area contributed by atoms with Gasteiger partial charge in [-0.05, 0) is 35.4 Å². The molecule has 30 heavy (non-hydrogen) atoms. The number of hydrogen-bond donors (Lipinski definition) is 0. The highest BCUT2D eigenvalue weighted by Gasteiger charge is 2.24. The summed E-state index contributed by atoms with van der Waals surface area (Å²) in [5, 5.41) is 0. The third-order valence-corrected chi connectivity index (χ3v) is 5.74. The van der Waals surface area contributed by atoms with Crippen LogP contribution in [0.2, 0.25) is 0 Å². The summed E-state index contributed by atoms with van der Waals surface area (Å²) in [7, 11) is 0. The number of ether oxygens (including phenoxy) is 1. The second kappa shape index (κ2) is 8.44. The molecule has 1 aliphatic heterocycles. The van der Waals surface area contributed by atoms with Crippen LogP contribution in [0.3, 0.4) is 0 Å². The molecule has 0 fully saturated rings. The summed E-state index contributed by atoms with van der Waals surface area (Å²) in [5.74, 6) is 2.20. The van der Waals surface area contributed by atoms with Crippen molar-refractivity contribution in [1.82, 2.24) is 4.57 Å². The van der Waals surface area contributed by atoms with E-state index in [-0.39, 0.29) is 22.8 Å². The van der Waals surface area contributed by atoms with Crippen molar-refractivity contribution in [3.63, 3.8) is 0 Å². The van der Waals surface area contributed by atoms with Crippen molar-refractivity contribution < 1.29 is 31.1 Å². The molecule has 2 heterocycles. The molecule has 0 radical (unpaired) electrons. The lowest BCUT2D eigenvalue weighted by Crippen LogP contribution is -3.00. The van der Waals surface area contributed by atoms with Gasteiger partial charge in [0.25, 0.3) is 5.82 Å². The van der Waals surface area contributed by atoms with Crippen molar-refractivity contribution in [3.05, 3.63) is 95.3 Å². The van der Waals surface area contributed by atoms with Gasteiger partial charge in [-0.2, -0.15) is 0 Å². The lowest BCUT2D eigenvalue weighted by Gasteiger charge is -2.05. The van der Waals surface area contributed by atoms with Gasteiger partial charge < -0.3 is 21.7 Å². The summed E-state index contributed by atoms with van der Waals surface area (Å²) >= 11 is 0. The summed E-state index contributed by atoms with van der Waals surface area (Å²) in [5.41, 5.74) is 5.50. The third kappa shape index (κ3) is 3.65. The van der Waals surface area contributed by atoms with Crippen LogP contribution in [0.15, 0.2) is 72.8 Å². The van der Waals surface area contributed by atoms with Gasteiger partial charge in [-0.15, -0.1) is 0 Å². The smallest absolute Gasteiger partial charge is 0.254 e. The molecule has 5 heteroatoms. The summed E-state index contributed by atoms with van der Waals surface area (Å²) in [6, 6.07) is 24.3. The van der Waals surface area contributed by atoms with Crippen molar-refractivity contribution in [3.8, 4) is 5.75 Å². The molecule has 0 amide bonds. The summed E-state index contributed by atoms with van der Waals surface area (Å²) in [4.78, 5) is 12.9. The molecule has 4 nitrogen and oxygen atoms in total. The minimum Gasteiger partial charge on any atom is -1.00 e. The third-order valence-electron chi connectivity index (χ3n) is 5.74. The molecule has 0 aliphatic carbocycles. The number of ketones is 1. The molecular weight excluding hydrogens is 440 g/mol. The van der Waals surface area contributed by atoms with E-state index < -0.39 is 0 Å². The number of aromatic nitrogens is 2. The quantitative estimate of drug-likeness (QED) is 0.329. The number of carbonyl (C=O) groups excluding carboxylic acids is 1. The minimum absolute atomic E-state index is 0. The van der Waals surface area contributed by atoms with E-state index in [0.717, 1.165) is 47.7 Å². The van der Waals surface area contributed by atoms with Crippen LogP contribution in [0.4, 0.5) is 0 Å². The average molecular weight is 463 g/mol. The molecule has 0 spiro atoms. The normalized spacial score (nSPS) is 12.3. The number of benzene rings is 3. The van der Waals surface area contributed by atoms with Crippen molar-refractivity contribution in [2.45, 2.75) is 26.4 Å². The SMILES string of the molecule is Cc1n(CC(=O)c2ccccc2)c2ccccc2[n+]1Cc1ccc2c(c1)CCO2.[Br-]. The lowest BCUT2D eigenvalue weighted by molar-refractivity contribution is -0.669. The second-order valence-electron chi connectivity index (χ2n) is 7.54. The van der Waals surface area contributed by atoms with E-state index in [9.17, 15) is 4.79 Å². The highest BCUT2D eigenvalue weighted by atomic mass is 79.9. The first-order chi connectivity index (χ1) is 14.2. The van der Waals surface area contributed by atoms with Crippen molar-refractivity contribution in [2.24, 2.45) is 0 Å². The van der Waals surface area contributed by atoms with Gasteiger partial charge in [0.15, 0.2) is 17.6 Å². The Kier molecular flexibility index (Phi) is 5.73. The van der Waals surface area contributed by atoms with E-state index in [0.29, 0.717) is 6.54 Å². The molecule has 0 bridgehead atoms. The molecule has 152 valence electrons. The van der Waals surface area contributed by atoms with Gasteiger partial charge in [-0.3, -0.25) is 4.79 Å². The molecule has 5 rings (SSSR count). The van der Waals surface area contributed by atoms with Crippen LogP contribution in [-0.2, 0) is 19.5 Å². The molecule has 0 atom stereocenters. The van der Waals surface area contributed by atoms with Crippen LogP contribution in [0.1, 0.15) is 27.3 Å². The van der Waals surface area contributed by atoms with E-state index in [1.807, 2.05) is 36.4 Å². The number of Topliss-reactive ketones (excluding diaryl/α,β-unsaturated/α-hetero) is 1. The number of imidazole rings is 1. The summed E-state index contributed by atoms with van der Waals surface area (Å²) in [6.07, 6.45) is 0.972. The highest BCUT2D eigenvalue weighted by molar-refractivity contribution is 5.96. The first kappa shape index (κ1) is 20.4. The molecule has 1 aliphatic rings. The molecule has 0 N–H and O–H groups in total. The zero-order chi connectivity index (χ0) is 19.8. The van der Waals surface area contributed by atoms with Crippen LogP contribution < -0.4 is 26.3 Å². The van der Waals surface area contributed by atoms with Gasteiger partial charge in [-0.1, -0.05) is 48.5 Å². The Hall–Kier alpha value is -2.92. The largest absolute Gasteiger partial charge is 1.00 e. The van der Waals surface area contributed by atoms with Gasteiger partial charge in [-0.25, -0.2) is 9.13 Å². The van der Waals surface area contributed by atoms with E-state index in [1.54, 1.807) is 0 Å². The molecule has 0 saturated carbocycles. The van der Waals surface area contributed by atoms with Gasteiger partial charge in [0.2, 0.25) is 5.78 Å². The second-order valence-corrected chi connectivity index (χ2v) is 7.54. The van der Waals surface area contributed by atoms with Crippen LogP contribution in [0, 0.1) is 6.92 Å². The maximum atomic E-state index is 12.9. The van der Waals surface area contributed by atoms with Crippen LogP contribution >= 0.6 is 0 Å². The Bertz CT molecular complexity index is 1210. The molecule has 1 aromatic heterocycles. The standard InChI is InChI=1S/C25H23N2O2.BrH/c1-18-26(16-19-11-12-25-21(15-19)13-14-29-25)22-9-5-6-10-23(22)27(18)17-24(28)20-7-3-2-4-8-20;/h2-12,15H,13-14,16-17H2,1H3;1H/q+1;/p-1. The van der Waals surface area contributed by atoms with E-state index >= 15 is 0 Å². The van der Waals surface area contributed by atoms with E-state index in [2.05, 4.69) is 52.5 Å². The maximum Gasteiger partial charge on any atom is 0.254 e. The predicted molar refractivity (Wildman–Crippen MR) is 112 cm³/mol. The number of halogens is 1. The summed E-state index contributed by atoms with van der Waals surface area (Å²) in [6.45, 7) is 3.97. The van der Waals surface area contributed by atoms with Gasteiger partial charge in [0, 0.05) is 18.9 Å². The van der Waals surface area contributed by atoms with Crippen LogP contribution in [-0.4, -0.2) is 17.0 Å². The first-order valence-corrected chi connectivity index (χ1v) is 10.0. The highest BCUT2D eigenvalue weighted by Crippen LogP contribution is 2.26. The number of nitrogens with zero attached hydrogens (tertiary/aromatic N) is 2. The predicted octanol–water partition coefficient (Wildman–Crippen LogP) is 1.11. The fourth-order valence-electron chi connectivity index (χ4n) is 4.19. The van der Waals surface area contributed by atoms with Gasteiger partial charge in [0.1, 0.15) is 12.3 Å². The topological polar surface area (TPSA) is 35.1 Å². The number of carbonyl (C=O) groups is 1. The van der Waals surface area contributed by atoms with E-state index in [1.165, 1.54) is 11.1 Å². The Balaban J connectivity index is 0.00000218. The average Bonchev–Trinajstić information content (AvgIpc) is 3.33. The molecule has 4 aromatic rings. The fraction of sp³-hybridized carbons (Fsp3) is 0.200. The molecule has 0 saturated heterocycles. The fourth-order valence-corrected chi connectivity index (χ4v) is 4.19. The molecule has 3 aromatic carbocycles. The zero-order valence-corrected chi connectivity index (χ0v) is 18.4. The first-order valence-electron chi connectivity index (χ1n) is 10.0. The monoisotopic (exact) mass is 462 g/mol. The van der Waals surface area contributed by atoms with Crippen molar-refractivity contribution in [2.75, 3.05) is 6.61 Å². The molecular formula is C25H23BrN2O2.